The first-order chi connectivity index (χ1) is 10.5. The molecule has 0 aliphatic rings. The zero-order chi connectivity index (χ0) is 16.2. The Morgan fingerprint density at radius 1 is 1.00 bits per heavy atom. The predicted molar refractivity (Wildman–Crippen MR) is 89.1 cm³/mol. The Balaban J connectivity index is 0.00000264. The Morgan fingerprint density at radius 2 is 1.61 bits per heavy atom. The molecule has 0 amide bonds. The smallest absolute Gasteiger partial charge is 0.744 e. The third kappa shape index (κ3) is 5.36. The van der Waals surface area contributed by atoms with Crippen LogP contribution in [-0.4, -0.2) is 13.0 Å². The molecule has 2 aromatic carbocycles. The fourth-order valence-electron chi connectivity index (χ4n) is 2.92. The molecule has 0 heterocycles. The van der Waals surface area contributed by atoms with Crippen molar-refractivity contribution in [2.75, 3.05) is 0 Å². The van der Waals surface area contributed by atoms with Crippen LogP contribution in [0, 0.1) is 0 Å². The molecule has 0 aromatic heterocycles. The standard InChI is InChI=1S/C18H24O3S.K/c1-3-5-9-14-13-15-10-7-8-12-17(15)18(22(19,20)21)16(14)11-6-4-2;/h7-8,10,12-13H,3-6,9,11H2,1-2H3,(H,19,20,21);/q;+1/p-1. The van der Waals surface area contributed by atoms with E-state index in [0.717, 1.165) is 48.6 Å². The van der Waals surface area contributed by atoms with E-state index < -0.39 is 10.1 Å². The molecule has 0 unspecified atom stereocenters. The van der Waals surface area contributed by atoms with Crippen molar-refractivity contribution in [3.05, 3.63) is 41.5 Å². The van der Waals surface area contributed by atoms with Crippen molar-refractivity contribution in [3.63, 3.8) is 0 Å². The molecular formula is C18H23KO3S. The number of benzene rings is 2. The summed E-state index contributed by atoms with van der Waals surface area (Å²) in [5, 5.41) is 1.40. The van der Waals surface area contributed by atoms with E-state index in [2.05, 4.69) is 19.9 Å². The molecule has 0 saturated heterocycles. The molecule has 5 heteroatoms. The van der Waals surface area contributed by atoms with Gasteiger partial charge in [-0.1, -0.05) is 57.0 Å². The second kappa shape index (κ2) is 9.66. The Kier molecular flexibility index (Phi) is 8.94. The molecule has 0 spiro atoms. The zero-order valence-electron chi connectivity index (χ0n) is 14.3. The number of fused-ring (bicyclic) bond motifs is 1. The molecule has 23 heavy (non-hydrogen) atoms. The summed E-state index contributed by atoms with van der Waals surface area (Å²) < 4.78 is 35.7. The summed E-state index contributed by atoms with van der Waals surface area (Å²) in [6.07, 6.45) is 5.37. The van der Waals surface area contributed by atoms with E-state index in [1.807, 2.05) is 12.1 Å². The van der Waals surface area contributed by atoms with Gasteiger partial charge in [-0.3, -0.25) is 0 Å². The number of aryl methyl sites for hydroxylation is 1. The van der Waals surface area contributed by atoms with Crippen molar-refractivity contribution in [2.45, 2.75) is 57.3 Å². The summed E-state index contributed by atoms with van der Waals surface area (Å²) in [4.78, 5) is 0.00477. The minimum Gasteiger partial charge on any atom is -0.744 e. The van der Waals surface area contributed by atoms with Crippen molar-refractivity contribution in [2.24, 2.45) is 0 Å². The molecule has 0 aliphatic heterocycles. The molecule has 3 nitrogen and oxygen atoms in total. The number of rotatable bonds is 7. The quantitative estimate of drug-likeness (QED) is 0.556. The molecule has 2 aromatic rings. The molecule has 0 fully saturated rings. The van der Waals surface area contributed by atoms with Gasteiger partial charge in [0, 0.05) is 0 Å². The molecule has 0 N–H and O–H groups in total. The van der Waals surface area contributed by atoms with Gasteiger partial charge in [-0.05, 0) is 47.6 Å². The van der Waals surface area contributed by atoms with Gasteiger partial charge in [0.25, 0.3) is 0 Å². The SMILES string of the molecule is CCCCc1cc2ccccc2c(S(=O)(=O)[O-])c1CCCC.[K+]. The summed E-state index contributed by atoms with van der Waals surface area (Å²) in [7, 11) is -4.49. The molecule has 120 valence electrons. The van der Waals surface area contributed by atoms with E-state index in [0.29, 0.717) is 11.8 Å². The van der Waals surface area contributed by atoms with Gasteiger partial charge < -0.3 is 4.55 Å². The topological polar surface area (TPSA) is 57.2 Å². The summed E-state index contributed by atoms with van der Waals surface area (Å²) in [5.41, 5.74) is 1.76. The van der Waals surface area contributed by atoms with Crippen LogP contribution < -0.4 is 51.4 Å². The van der Waals surface area contributed by atoms with Crippen molar-refractivity contribution < 1.29 is 64.4 Å². The Morgan fingerprint density at radius 3 is 2.22 bits per heavy atom. The fraction of sp³-hybridized carbons (Fsp3) is 0.444. The van der Waals surface area contributed by atoms with Crippen LogP contribution in [-0.2, 0) is 23.0 Å². The van der Waals surface area contributed by atoms with E-state index in [4.69, 9.17) is 0 Å². The van der Waals surface area contributed by atoms with E-state index in [1.54, 1.807) is 12.1 Å². The molecule has 0 saturated carbocycles. The van der Waals surface area contributed by atoms with E-state index >= 15 is 0 Å². The second-order valence-corrected chi connectivity index (χ2v) is 7.04. The van der Waals surface area contributed by atoms with E-state index in [-0.39, 0.29) is 56.3 Å². The zero-order valence-corrected chi connectivity index (χ0v) is 18.2. The largest absolute Gasteiger partial charge is 1.00 e. The van der Waals surface area contributed by atoms with Crippen LogP contribution in [0.25, 0.3) is 10.8 Å². The maximum Gasteiger partial charge on any atom is 1.00 e. The van der Waals surface area contributed by atoms with Gasteiger partial charge in [0.1, 0.15) is 10.1 Å². The van der Waals surface area contributed by atoms with Crippen LogP contribution in [0.5, 0.6) is 0 Å². The normalized spacial score (nSPS) is 11.4. The Bertz CT molecular complexity index is 754. The third-order valence-electron chi connectivity index (χ3n) is 4.03. The maximum atomic E-state index is 11.9. The minimum absolute atomic E-state index is 0. The number of unbranched alkanes of at least 4 members (excludes halogenated alkanes) is 2. The minimum atomic E-state index is -4.49. The second-order valence-electron chi connectivity index (χ2n) is 5.73. The van der Waals surface area contributed by atoms with Crippen LogP contribution >= 0.6 is 0 Å². The van der Waals surface area contributed by atoms with Gasteiger partial charge in [-0.2, -0.15) is 0 Å². The average molecular weight is 359 g/mol. The summed E-state index contributed by atoms with van der Waals surface area (Å²) in [6, 6.07) is 9.33. The van der Waals surface area contributed by atoms with Crippen molar-refractivity contribution in [1.82, 2.24) is 0 Å². The van der Waals surface area contributed by atoms with Gasteiger partial charge in [-0.25, -0.2) is 8.42 Å². The first-order valence-electron chi connectivity index (χ1n) is 7.98. The molecule has 0 bridgehead atoms. The van der Waals surface area contributed by atoms with Gasteiger partial charge in [0.05, 0.1) is 4.90 Å². The molecule has 0 radical (unpaired) electrons. The Labute approximate surface area is 182 Å². The maximum absolute atomic E-state index is 11.9. The van der Waals surface area contributed by atoms with Crippen LogP contribution in [0.4, 0.5) is 0 Å². The monoisotopic (exact) mass is 358 g/mol. The van der Waals surface area contributed by atoms with Gasteiger partial charge >= 0.3 is 51.4 Å². The molecule has 0 atom stereocenters. The molecule has 2 rings (SSSR count). The number of hydrogen-bond donors (Lipinski definition) is 0. The summed E-state index contributed by atoms with van der Waals surface area (Å²) in [6.45, 7) is 4.18. The first-order valence-corrected chi connectivity index (χ1v) is 9.39. The van der Waals surface area contributed by atoms with Gasteiger partial charge in [0.2, 0.25) is 0 Å². The van der Waals surface area contributed by atoms with Gasteiger partial charge in [-0.15, -0.1) is 0 Å². The molecule has 0 aliphatic carbocycles. The van der Waals surface area contributed by atoms with Crippen molar-refractivity contribution in [1.29, 1.82) is 0 Å². The molecular weight excluding hydrogens is 335 g/mol. The van der Waals surface area contributed by atoms with Crippen molar-refractivity contribution in [3.8, 4) is 0 Å². The van der Waals surface area contributed by atoms with Crippen LogP contribution in [0.15, 0.2) is 35.2 Å². The number of hydrogen-bond acceptors (Lipinski definition) is 3. The van der Waals surface area contributed by atoms with Crippen LogP contribution in [0.3, 0.4) is 0 Å². The summed E-state index contributed by atoms with van der Waals surface area (Å²) in [5.74, 6) is 0. The predicted octanol–water partition coefficient (Wildman–Crippen LogP) is 1.43. The van der Waals surface area contributed by atoms with E-state index in [9.17, 15) is 13.0 Å². The van der Waals surface area contributed by atoms with Crippen LogP contribution in [0.1, 0.15) is 50.7 Å². The fourth-order valence-corrected chi connectivity index (χ4v) is 3.91. The first kappa shape index (κ1) is 21.3. The third-order valence-corrected chi connectivity index (χ3v) is 4.99. The Hall–Kier alpha value is 0.246. The van der Waals surface area contributed by atoms with Gasteiger partial charge in [0.15, 0.2) is 0 Å². The summed E-state index contributed by atoms with van der Waals surface area (Å²) >= 11 is 0. The van der Waals surface area contributed by atoms with Crippen LogP contribution in [0.2, 0.25) is 0 Å². The average Bonchev–Trinajstić information content (AvgIpc) is 2.48. The van der Waals surface area contributed by atoms with E-state index in [1.165, 1.54) is 0 Å². The van der Waals surface area contributed by atoms with Crippen molar-refractivity contribution >= 4 is 20.9 Å².